The Balaban J connectivity index is 1.48. The van der Waals surface area contributed by atoms with E-state index in [0.717, 1.165) is 49.4 Å². The molecule has 1 aromatic heterocycles. The number of aliphatic carboxylic acids is 1. The predicted octanol–water partition coefficient (Wildman–Crippen LogP) is 8.05. The number of ether oxygens (including phenoxy) is 2. The number of methoxy groups -OCH3 is 1. The van der Waals surface area contributed by atoms with Gasteiger partial charge in [0.05, 0.1) is 19.7 Å². The van der Waals surface area contributed by atoms with Crippen LogP contribution < -0.4 is 9.47 Å². The number of carbonyl (C=O) groups is 1. The van der Waals surface area contributed by atoms with Crippen molar-refractivity contribution in [3.05, 3.63) is 77.0 Å². The number of hydrogen-bond donors (Lipinski definition) is 1. The molecule has 7 heteroatoms. The lowest BCUT2D eigenvalue weighted by atomic mass is 9.75. The number of carboxylic acid groups (broad SMARTS) is 1. The van der Waals surface area contributed by atoms with Crippen molar-refractivity contribution in [2.24, 2.45) is 11.3 Å². The summed E-state index contributed by atoms with van der Waals surface area (Å²) in [4.78, 5) is 15.6. The van der Waals surface area contributed by atoms with Crippen molar-refractivity contribution in [3.63, 3.8) is 0 Å². The fourth-order valence-corrected chi connectivity index (χ4v) is 6.53. The van der Waals surface area contributed by atoms with Gasteiger partial charge in [0.1, 0.15) is 24.0 Å². The van der Waals surface area contributed by atoms with Crippen molar-refractivity contribution < 1.29 is 28.2 Å². The third-order valence-electron chi connectivity index (χ3n) is 9.07. The fraction of sp³-hybridized carbons (Fsp3) is 0.455. The largest absolute Gasteiger partial charge is 0.489 e. The van der Waals surface area contributed by atoms with Crippen LogP contribution in [0.2, 0.25) is 0 Å². The minimum atomic E-state index is -0.825. The van der Waals surface area contributed by atoms with Crippen LogP contribution >= 0.6 is 0 Å². The average Bonchev–Trinajstić information content (AvgIpc) is 3.71. The first kappa shape index (κ1) is 28.1. The first-order valence-corrected chi connectivity index (χ1v) is 14.0. The second kappa shape index (κ2) is 10.8. The van der Waals surface area contributed by atoms with Crippen LogP contribution in [0.3, 0.4) is 0 Å². The average molecular weight is 550 g/mol. The maximum atomic E-state index is 15.6. The molecule has 0 saturated heterocycles. The van der Waals surface area contributed by atoms with Crippen molar-refractivity contribution in [3.8, 4) is 22.8 Å². The minimum absolute atomic E-state index is 0.00304. The first-order chi connectivity index (χ1) is 19.0. The Morgan fingerprint density at radius 3 is 2.52 bits per heavy atom. The number of carboxylic acids is 1. The normalized spacial score (nSPS) is 19.7. The van der Waals surface area contributed by atoms with Gasteiger partial charge in [0.25, 0.3) is 0 Å². The summed E-state index contributed by atoms with van der Waals surface area (Å²) in [6.07, 6.45) is 6.19. The second-order valence-corrected chi connectivity index (χ2v) is 12.2. The van der Waals surface area contributed by atoms with Crippen LogP contribution in [0.1, 0.15) is 81.9 Å². The quantitative estimate of drug-likeness (QED) is 0.277. The van der Waals surface area contributed by atoms with E-state index in [1.807, 2.05) is 37.3 Å². The molecule has 2 aliphatic rings. The third kappa shape index (κ3) is 5.56. The number of aromatic nitrogens is 1. The molecule has 2 fully saturated rings. The van der Waals surface area contributed by atoms with Gasteiger partial charge < -0.3 is 14.6 Å². The molecule has 0 bridgehead atoms. The van der Waals surface area contributed by atoms with Gasteiger partial charge >= 0.3 is 5.97 Å². The van der Waals surface area contributed by atoms with Crippen molar-refractivity contribution in [2.45, 2.75) is 77.2 Å². The Kier molecular flexibility index (Phi) is 7.60. The van der Waals surface area contributed by atoms with E-state index in [2.05, 4.69) is 18.8 Å². The number of nitrogens with zero attached hydrogens (tertiary/aromatic N) is 1. The summed E-state index contributed by atoms with van der Waals surface area (Å²) in [5.41, 5.74) is 2.48. The zero-order valence-corrected chi connectivity index (χ0v) is 23.6. The number of rotatable bonds is 10. The van der Waals surface area contributed by atoms with Crippen LogP contribution in [0.15, 0.2) is 48.7 Å². The van der Waals surface area contributed by atoms with Gasteiger partial charge in [-0.1, -0.05) is 39.3 Å². The smallest absolute Gasteiger partial charge is 0.304 e. The molecule has 2 saturated carbocycles. The molecule has 0 aliphatic heterocycles. The fourth-order valence-electron chi connectivity index (χ4n) is 6.53. The number of hydrogen-bond acceptors (Lipinski definition) is 4. The maximum absolute atomic E-state index is 15.6. The molecule has 3 aromatic rings. The topological polar surface area (TPSA) is 68.7 Å². The first-order valence-electron chi connectivity index (χ1n) is 14.0. The molecule has 40 heavy (non-hydrogen) atoms. The monoisotopic (exact) mass is 549 g/mol. The predicted molar refractivity (Wildman–Crippen MR) is 150 cm³/mol. The summed E-state index contributed by atoms with van der Waals surface area (Å²) in [5.74, 6) is -0.554. The lowest BCUT2D eigenvalue weighted by molar-refractivity contribution is -0.138. The molecule has 212 valence electrons. The highest BCUT2D eigenvalue weighted by Crippen LogP contribution is 2.52. The maximum Gasteiger partial charge on any atom is 0.304 e. The molecule has 2 aromatic carbocycles. The van der Waals surface area contributed by atoms with Gasteiger partial charge in [-0.3, -0.25) is 4.79 Å². The van der Waals surface area contributed by atoms with Gasteiger partial charge in [-0.05, 0) is 83.9 Å². The lowest BCUT2D eigenvalue weighted by Gasteiger charge is -2.30. The van der Waals surface area contributed by atoms with Gasteiger partial charge in [-0.25, -0.2) is 13.8 Å². The van der Waals surface area contributed by atoms with Crippen LogP contribution in [-0.4, -0.2) is 23.2 Å². The summed E-state index contributed by atoms with van der Waals surface area (Å²) < 4.78 is 42.0. The van der Waals surface area contributed by atoms with E-state index >= 15 is 8.78 Å². The molecule has 1 N–H and O–H groups in total. The Bertz CT molecular complexity index is 1420. The molecule has 0 amide bonds. The van der Waals surface area contributed by atoms with Crippen LogP contribution in [0.4, 0.5) is 8.78 Å². The summed E-state index contributed by atoms with van der Waals surface area (Å²) in [6.45, 7) is 6.41. The Labute approximate surface area is 234 Å². The van der Waals surface area contributed by atoms with E-state index in [0.29, 0.717) is 22.8 Å². The molecule has 5 nitrogen and oxygen atoms in total. The van der Waals surface area contributed by atoms with Gasteiger partial charge in [0.2, 0.25) is 5.88 Å². The summed E-state index contributed by atoms with van der Waals surface area (Å²) in [5, 5.41) is 9.54. The van der Waals surface area contributed by atoms with Crippen molar-refractivity contribution in [1.82, 2.24) is 4.98 Å². The molecule has 2 atom stereocenters. The summed E-state index contributed by atoms with van der Waals surface area (Å²) >= 11 is 0. The van der Waals surface area contributed by atoms with Gasteiger partial charge in [0, 0.05) is 22.6 Å². The van der Waals surface area contributed by atoms with Crippen LogP contribution in [0.5, 0.6) is 11.6 Å². The van der Waals surface area contributed by atoms with E-state index in [9.17, 15) is 9.90 Å². The Hall–Kier alpha value is -3.48. The zero-order valence-electron chi connectivity index (χ0n) is 23.6. The van der Waals surface area contributed by atoms with E-state index < -0.39 is 23.0 Å². The van der Waals surface area contributed by atoms with Crippen LogP contribution in [0.25, 0.3) is 11.1 Å². The lowest BCUT2D eigenvalue weighted by Crippen LogP contribution is -2.28. The van der Waals surface area contributed by atoms with Crippen LogP contribution in [0, 0.1) is 23.0 Å². The summed E-state index contributed by atoms with van der Waals surface area (Å²) in [7, 11) is 1.47. The van der Waals surface area contributed by atoms with Crippen molar-refractivity contribution in [2.75, 3.05) is 7.11 Å². The van der Waals surface area contributed by atoms with Crippen molar-refractivity contribution in [1.29, 1.82) is 0 Å². The Morgan fingerprint density at radius 1 is 1.10 bits per heavy atom. The molecular weight excluding hydrogens is 512 g/mol. The van der Waals surface area contributed by atoms with Gasteiger partial charge in [-0.15, -0.1) is 0 Å². The molecular formula is C33H37F2NO4. The third-order valence-corrected chi connectivity index (χ3v) is 9.07. The zero-order chi connectivity index (χ0) is 28.7. The number of pyridine rings is 1. The molecule has 2 aliphatic carbocycles. The standard InChI is InChI=1S/C33H37F2NO4/c1-32(2)12-6-9-27(32)25-13-20(28(34)15-24(25)26-16-30(39-4)36-18-29(26)35)19-40-23-8-5-7-22(14-23)33(3,17-31(37)38)21-10-11-21/h5,7-8,13-16,18,21,27H,6,9-12,17,19H2,1-4H3,(H,37,38)/t27-,33-/m1/s1. The highest BCUT2D eigenvalue weighted by molar-refractivity contribution is 5.71. The Morgan fingerprint density at radius 2 is 1.88 bits per heavy atom. The number of benzene rings is 2. The molecule has 0 unspecified atom stereocenters. The number of halogens is 2. The van der Waals surface area contributed by atoms with E-state index in [1.54, 1.807) is 0 Å². The minimum Gasteiger partial charge on any atom is -0.489 e. The second-order valence-electron chi connectivity index (χ2n) is 12.2. The molecule has 5 rings (SSSR count). The van der Waals surface area contributed by atoms with Gasteiger partial charge in [-0.2, -0.15) is 0 Å². The van der Waals surface area contributed by atoms with Crippen molar-refractivity contribution >= 4 is 5.97 Å². The van der Waals surface area contributed by atoms with Gasteiger partial charge in [0.15, 0.2) is 0 Å². The van der Waals surface area contributed by atoms with E-state index in [4.69, 9.17) is 9.47 Å². The highest BCUT2D eigenvalue weighted by Gasteiger charge is 2.44. The molecule has 0 radical (unpaired) electrons. The van der Waals surface area contributed by atoms with Crippen LogP contribution in [-0.2, 0) is 16.8 Å². The SMILES string of the molecule is COc1cc(-c2cc(F)c(COc3cccc([C@](C)(CC(=O)O)C4CC4)c3)cc2[C@H]2CCCC2(C)C)c(F)cn1. The highest BCUT2D eigenvalue weighted by atomic mass is 19.1. The van der Waals surface area contributed by atoms with E-state index in [1.165, 1.54) is 19.2 Å². The molecule has 0 spiro atoms. The molecule has 1 heterocycles. The van der Waals surface area contributed by atoms with E-state index in [-0.39, 0.29) is 35.8 Å². The summed E-state index contributed by atoms with van der Waals surface area (Å²) in [6, 6.07) is 12.3.